The topological polar surface area (TPSA) is 25.8 Å². The molecule has 2 nitrogen and oxygen atoms in total. The van der Waals surface area contributed by atoms with Crippen LogP contribution in [-0.4, -0.2) is 9.97 Å². The molecule has 0 unspecified atom stereocenters. The van der Waals surface area contributed by atoms with E-state index in [9.17, 15) is 8.78 Å². The van der Waals surface area contributed by atoms with Gasteiger partial charge in [0.1, 0.15) is 5.15 Å². The fraction of sp³-hybridized carbons (Fsp3) is 0. The molecule has 7 heteroatoms. The van der Waals surface area contributed by atoms with E-state index in [1.165, 1.54) is 0 Å². The third kappa shape index (κ3) is 2.73. The summed E-state index contributed by atoms with van der Waals surface area (Å²) in [7, 11) is 0. The molecule has 0 atom stereocenters. The first-order valence-electron chi connectivity index (χ1n) is 5.73. The van der Waals surface area contributed by atoms with Gasteiger partial charge < -0.3 is 0 Å². The Morgan fingerprint density at radius 2 is 1.67 bits per heavy atom. The van der Waals surface area contributed by atoms with E-state index in [2.05, 4.69) is 25.9 Å². The maximum Gasteiger partial charge on any atom is 0.162 e. The molecule has 0 spiro atoms. The van der Waals surface area contributed by atoms with Gasteiger partial charge in [-0.3, -0.25) is 0 Å². The average molecular weight is 390 g/mol. The third-order valence-electron chi connectivity index (χ3n) is 2.86. The minimum absolute atomic E-state index is 0.0351. The van der Waals surface area contributed by atoms with Crippen molar-refractivity contribution in [3.05, 3.63) is 56.6 Å². The van der Waals surface area contributed by atoms with Crippen LogP contribution < -0.4 is 0 Å². The van der Waals surface area contributed by atoms with Gasteiger partial charge in [0, 0.05) is 21.5 Å². The number of benzene rings is 2. The molecule has 0 bridgehead atoms. The van der Waals surface area contributed by atoms with E-state index in [4.69, 9.17) is 23.2 Å². The van der Waals surface area contributed by atoms with E-state index in [0.29, 0.717) is 10.6 Å². The van der Waals surface area contributed by atoms with Gasteiger partial charge in [0.25, 0.3) is 0 Å². The summed E-state index contributed by atoms with van der Waals surface area (Å²) in [6, 6.07) is 7.12. The number of nitrogens with zero attached hydrogens (tertiary/aromatic N) is 2. The summed E-state index contributed by atoms with van der Waals surface area (Å²) in [5.74, 6) is -1.75. The van der Waals surface area contributed by atoms with E-state index in [-0.39, 0.29) is 21.9 Å². The molecular weight excluding hydrogens is 385 g/mol. The Morgan fingerprint density at radius 3 is 2.38 bits per heavy atom. The van der Waals surface area contributed by atoms with Crippen LogP contribution in [0.5, 0.6) is 0 Å². The van der Waals surface area contributed by atoms with Gasteiger partial charge in [-0.2, -0.15) is 0 Å². The van der Waals surface area contributed by atoms with Gasteiger partial charge in [-0.05, 0) is 24.3 Å². The largest absolute Gasteiger partial charge is 0.228 e. The first-order chi connectivity index (χ1) is 9.95. The van der Waals surface area contributed by atoms with Crippen molar-refractivity contribution in [1.82, 2.24) is 9.97 Å². The highest BCUT2D eigenvalue weighted by Gasteiger charge is 2.14. The highest BCUT2D eigenvalue weighted by molar-refractivity contribution is 9.10. The lowest BCUT2D eigenvalue weighted by Gasteiger charge is -2.07. The maximum absolute atomic E-state index is 13.3. The number of halogens is 5. The quantitative estimate of drug-likeness (QED) is 0.503. The lowest BCUT2D eigenvalue weighted by molar-refractivity contribution is 0.510. The van der Waals surface area contributed by atoms with Gasteiger partial charge in [0.05, 0.1) is 10.5 Å². The molecule has 3 aromatic rings. The Kier molecular flexibility index (Phi) is 3.82. The lowest BCUT2D eigenvalue weighted by atomic mass is 10.2. The van der Waals surface area contributed by atoms with Gasteiger partial charge in [-0.25, -0.2) is 18.7 Å². The molecule has 2 aromatic carbocycles. The normalized spacial score (nSPS) is 11.1. The molecule has 0 saturated carbocycles. The summed E-state index contributed by atoms with van der Waals surface area (Å²) in [5.41, 5.74) is 0.760. The SMILES string of the molecule is Fc1cc2nc(-c3ccc(Br)cc3Cl)nc(Cl)c2cc1F. The monoisotopic (exact) mass is 388 g/mol. The van der Waals surface area contributed by atoms with Crippen LogP contribution in [0.4, 0.5) is 8.78 Å². The molecule has 0 saturated heterocycles. The minimum atomic E-state index is -0.998. The van der Waals surface area contributed by atoms with Gasteiger partial charge in [0.15, 0.2) is 17.5 Å². The predicted molar refractivity (Wildman–Crippen MR) is 82.6 cm³/mol. The zero-order chi connectivity index (χ0) is 15.1. The maximum atomic E-state index is 13.3. The van der Waals surface area contributed by atoms with Crippen LogP contribution >= 0.6 is 39.1 Å². The number of fused-ring (bicyclic) bond motifs is 1. The average Bonchev–Trinajstić information content (AvgIpc) is 2.41. The second-order valence-electron chi connectivity index (χ2n) is 4.25. The second-order valence-corrected chi connectivity index (χ2v) is 5.93. The van der Waals surface area contributed by atoms with E-state index < -0.39 is 11.6 Å². The van der Waals surface area contributed by atoms with Gasteiger partial charge in [-0.1, -0.05) is 39.1 Å². The van der Waals surface area contributed by atoms with Gasteiger partial charge in [0.2, 0.25) is 0 Å². The van der Waals surface area contributed by atoms with Crippen molar-refractivity contribution >= 4 is 50.0 Å². The van der Waals surface area contributed by atoms with E-state index in [1.54, 1.807) is 18.2 Å². The molecule has 0 amide bonds. The molecule has 1 aromatic heterocycles. The van der Waals surface area contributed by atoms with Crippen molar-refractivity contribution in [1.29, 1.82) is 0 Å². The van der Waals surface area contributed by atoms with Gasteiger partial charge in [-0.15, -0.1) is 0 Å². The smallest absolute Gasteiger partial charge is 0.162 e. The Bertz CT molecular complexity index is 871. The van der Waals surface area contributed by atoms with Crippen LogP contribution in [0.1, 0.15) is 0 Å². The molecule has 0 aliphatic rings. The van der Waals surface area contributed by atoms with E-state index >= 15 is 0 Å². The van der Waals surface area contributed by atoms with Crippen LogP contribution in [0.2, 0.25) is 10.2 Å². The van der Waals surface area contributed by atoms with Crippen molar-refractivity contribution in [2.75, 3.05) is 0 Å². The van der Waals surface area contributed by atoms with Gasteiger partial charge >= 0.3 is 0 Å². The summed E-state index contributed by atoms with van der Waals surface area (Å²) in [4.78, 5) is 8.30. The van der Waals surface area contributed by atoms with Crippen molar-refractivity contribution in [3.63, 3.8) is 0 Å². The highest BCUT2D eigenvalue weighted by atomic mass is 79.9. The van der Waals surface area contributed by atoms with Crippen molar-refractivity contribution in [2.24, 2.45) is 0 Å². The molecule has 0 aliphatic carbocycles. The fourth-order valence-electron chi connectivity index (χ4n) is 1.88. The molecule has 0 radical (unpaired) electrons. The van der Waals surface area contributed by atoms with E-state index in [1.807, 2.05) is 0 Å². The number of aromatic nitrogens is 2. The molecule has 0 N–H and O–H groups in total. The Balaban J connectivity index is 2.27. The summed E-state index contributed by atoms with van der Waals surface area (Å²) in [5, 5.41) is 0.697. The van der Waals surface area contributed by atoms with E-state index in [0.717, 1.165) is 16.6 Å². The van der Waals surface area contributed by atoms with Crippen LogP contribution in [-0.2, 0) is 0 Å². The highest BCUT2D eigenvalue weighted by Crippen LogP contribution is 2.31. The first-order valence-corrected chi connectivity index (χ1v) is 7.28. The standard InChI is InChI=1S/C14H5BrCl2F2N2/c15-6-1-2-7(9(16)3-6)14-20-12-5-11(19)10(18)4-8(12)13(17)21-14/h1-5H. The molecule has 1 heterocycles. The Hall–Kier alpha value is -1.30. The van der Waals surface area contributed by atoms with Crippen molar-refractivity contribution < 1.29 is 8.78 Å². The summed E-state index contributed by atoms with van der Waals surface area (Å²) >= 11 is 15.5. The van der Waals surface area contributed by atoms with Crippen LogP contribution in [0.25, 0.3) is 22.3 Å². The zero-order valence-electron chi connectivity index (χ0n) is 10.2. The molecule has 106 valence electrons. The lowest BCUT2D eigenvalue weighted by Crippen LogP contribution is -1.95. The van der Waals surface area contributed by atoms with Crippen molar-refractivity contribution in [2.45, 2.75) is 0 Å². The third-order valence-corrected chi connectivity index (χ3v) is 3.96. The molecule has 21 heavy (non-hydrogen) atoms. The molecule has 0 fully saturated rings. The summed E-state index contributed by atoms with van der Waals surface area (Å²) in [6.07, 6.45) is 0. The molecule has 0 aliphatic heterocycles. The van der Waals surface area contributed by atoms with Crippen LogP contribution in [0, 0.1) is 11.6 Å². The molecular formula is C14H5BrCl2F2N2. The van der Waals surface area contributed by atoms with Crippen LogP contribution in [0.3, 0.4) is 0 Å². The van der Waals surface area contributed by atoms with Crippen LogP contribution in [0.15, 0.2) is 34.8 Å². The summed E-state index contributed by atoms with van der Waals surface area (Å²) in [6.45, 7) is 0. The molecule has 3 rings (SSSR count). The number of rotatable bonds is 1. The number of hydrogen-bond acceptors (Lipinski definition) is 2. The minimum Gasteiger partial charge on any atom is -0.228 e. The Labute approximate surface area is 136 Å². The summed E-state index contributed by atoms with van der Waals surface area (Å²) < 4.78 is 27.4. The van der Waals surface area contributed by atoms with Crippen molar-refractivity contribution in [3.8, 4) is 11.4 Å². The number of hydrogen-bond donors (Lipinski definition) is 0. The zero-order valence-corrected chi connectivity index (χ0v) is 13.3. The Morgan fingerprint density at radius 1 is 0.952 bits per heavy atom. The second kappa shape index (κ2) is 5.48. The fourth-order valence-corrected chi connectivity index (χ4v) is 2.87. The predicted octanol–water partition coefficient (Wildman–Crippen LogP) is 5.64. The first kappa shape index (κ1) is 14.6.